The van der Waals surface area contributed by atoms with E-state index < -0.39 is 0 Å². The van der Waals surface area contributed by atoms with E-state index in [2.05, 4.69) is 49.4 Å². The summed E-state index contributed by atoms with van der Waals surface area (Å²) in [7, 11) is 0. The van der Waals surface area contributed by atoms with Crippen LogP contribution in [0.4, 0.5) is 0 Å². The Morgan fingerprint density at radius 3 is 2.53 bits per heavy atom. The van der Waals surface area contributed by atoms with Crippen molar-refractivity contribution in [3.63, 3.8) is 0 Å². The third kappa shape index (κ3) is 3.69. The number of rotatable bonds is 5. The van der Waals surface area contributed by atoms with Gasteiger partial charge in [-0.15, -0.1) is 11.3 Å². The lowest BCUT2D eigenvalue weighted by atomic mass is 10.0. The highest BCUT2D eigenvalue weighted by Crippen LogP contribution is 2.24. The average molecular weight is 245 g/mol. The summed E-state index contributed by atoms with van der Waals surface area (Å²) in [5, 5.41) is 0. The Kier molecular flexibility index (Phi) is 4.35. The number of aryl methyl sites for hydroxylation is 2. The fourth-order valence-corrected chi connectivity index (χ4v) is 2.88. The third-order valence-electron chi connectivity index (χ3n) is 2.95. The van der Waals surface area contributed by atoms with E-state index in [0.717, 1.165) is 19.3 Å². The minimum absolute atomic E-state index is 0.206. The van der Waals surface area contributed by atoms with Gasteiger partial charge >= 0.3 is 0 Å². The van der Waals surface area contributed by atoms with Crippen LogP contribution in [-0.4, -0.2) is 0 Å². The van der Waals surface area contributed by atoms with E-state index in [1.165, 1.54) is 15.3 Å². The SMILES string of the molecule is Cc1ccc(C(N)CCCc2ccccc2)s1. The molecule has 0 amide bonds. The fraction of sp³-hybridized carbons (Fsp3) is 0.333. The van der Waals surface area contributed by atoms with Crippen molar-refractivity contribution in [2.75, 3.05) is 0 Å². The van der Waals surface area contributed by atoms with Crippen LogP contribution in [0.2, 0.25) is 0 Å². The molecule has 0 saturated carbocycles. The smallest absolute Gasteiger partial charge is 0.0389 e. The fourth-order valence-electron chi connectivity index (χ4n) is 1.97. The average Bonchev–Trinajstić information content (AvgIpc) is 2.77. The van der Waals surface area contributed by atoms with E-state index in [1.807, 2.05) is 11.3 Å². The van der Waals surface area contributed by atoms with Gasteiger partial charge in [-0.3, -0.25) is 0 Å². The van der Waals surface area contributed by atoms with Gasteiger partial charge in [0.15, 0.2) is 0 Å². The van der Waals surface area contributed by atoms with Crippen LogP contribution in [0.15, 0.2) is 42.5 Å². The van der Waals surface area contributed by atoms with Crippen molar-refractivity contribution in [2.24, 2.45) is 5.73 Å². The third-order valence-corrected chi connectivity index (χ3v) is 4.08. The van der Waals surface area contributed by atoms with Crippen LogP contribution in [0.25, 0.3) is 0 Å². The van der Waals surface area contributed by atoms with E-state index in [4.69, 9.17) is 5.73 Å². The second kappa shape index (κ2) is 5.99. The number of nitrogens with two attached hydrogens (primary N) is 1. The molecule has 2 heteroatoms. The Morgan fingerprint density at radius 2 is 1.88 bits per heavy atom. The molecule has 0 aliphatic rings. The maximum atomic E-state index is 6.18. The Hall–Kier alpha value is -1.12. The van der Waals surface area contributed by atoms with Gasteiger partial charge in [0, 0.05) is 15.8 Å². The second-order valence-corrected chi connectivity index (χ2v) is 5.75. The molecule has 0 radical (unpaired) electrons. The first-order valence-electron chi connectivity index (χ1n) is 6.11. The number of thiophene rings is 1. The lowest BCUT2D eigenvalue weighted by molar-refractivity contribution is 0.620. The summed E-state index contributed by atoms with van der Waals surface area (Å²) in [6.45, 7) is 2.13. The van der Waals surface area contributed by atoms with Gasteiger partial charge in [0.2, 0.25) is 0 Å². The molecule has 1 atom stereocenters. The van der Waals surface area contributed by atoms with Gasteiger partial charge in [-0.1, -0.05) is 30.3 Å². The zero-order chi connectivity index (χ0) is 12.1. The Morgan fingerprint density at radius 1 is 1.12 bits per heavy atom. The van der Waals surface area contributed by atoms with Crippen molar-refractivity contribution < 1.29 is 0 Å². The molecule has 0 saturated heterocycles. The van der Waals surface area contributed by atoms with Crippen LogP contribution >= 0.6 is 11.3 Å². The lowest BCUT2D eigenvalue weighted by Crippen LogP contribution is -2.08. The van der Waals surface area contributed by atoms with Crippen molar-refractivity contribution in [1.82, 2.24) is 0 Å². The first kappa shape index (κ1) is 12.3. The van der Waals surface area contributed by atoms with E-state index in [-0.39, 0.29) is 6.04 Å². The van der Waals surface area contributed by atoms with Crippen LogP contribution in [0.5, 0.6) is 0 Å². The number of benzene rings is 1. The van der Waals surface area contributed by atoms with Crippen LogP contribution in [-0.2, 0) is 6.42 Å². The van der Waals surface area contributed by atoms with E-state index in [0.29, 0.717) is 0 Å². The maximum Gasteiger partial charge on any atom is 0.0389 e. The molecule has 1 aromatic heterocycles. The maximum absolute atomic E-state index is 6.18. The van der Waals surface area contributed by atoms with Crippen molar-refractivity contribution in [1.29, 1.82) is 0 Å². The molecule has 90 valence electrons. The van der Waals surface area contributed by atoms with Crippen LogP contribution < -0.4 is 5.73 Å². The molecular weight excluding hydrogens is 226 g/mol. The molecule has 2 N–H and O–H groups in total. The summed E-state index contributed by atoms with van der Waals surface area (Å²) >= 11 is 1.82. The quantitative estimate of drug-likeness (QED) is 0.844. The normalized spacial score (nSPS) is 12.6. The van der Waals surface area contributed by atoms with Crippen molar-refractivity contribution in [3.05, 3.63) is 57.8 Å². The predicted molar refractivity (Wildman–Crippen MR) is 75.4 cm³/mol. The number of hydrogen-bond acceptors (Lipinski definition) is 2. The van der Waals surface area contributed by atoms with Crippen LogP contribution in [0.3, 0.4) is 0 Å². The molecule has 1 aromatic carbocycles. The van der Waals surface area contributed by atoms with Gasteiger partial charge in [-0.25, -0.2) is 0 Å². The molecule has 1 heterocycles. The molecule has 17 heavy (non-hydrogen) atoms. The zero-order valence-electron chi connectivity index (χ0n) is 10.2. The Balaban J connectivity index is 1.79. The van der Waals surface area contributed by atoms with Crippen molar-refractivity contribution >= 4 is 11.3 Å². The monoisotopic (exact) mass is 245 g/mol. The summed E-state index contributed by atoms with van der Waals surface area (Å²) in [6, 6.07) is 15.1. The molecule has 1 unspecified atom stereocenters. The molecule has 2 rings (SSSR count). The van der Waals surface area contributed by atoms with Crippen molar-refractivity contribution in [2.45, 2.75) is 32.2 Å². The molecule has 0 aliphatic carbocycles. The van der Waals surface area contributed by atoms with E-state index in [1.54, 1.807) is 0 Å². The van der Waals surface area contributed by atoms with Gasteiger partial charge < -0.3 is 5.73 Å². The van der Waals surface area contributed by atoms with Gasteiger partial charge in [0.05, 0.1) is 0 Å². The topological polar surface area (TPSA) is 26.0 Å². The minimum Gasteiger partial charge on any atom is -0.323 e. The Labute approximate surface area is 107 Å². The van der Waals surface area contributed by atoms with Crippen molar-refractivity contribution in [3.8, 4) is 0 Å². The molecular formula is C15H19NS. The molecule has 1 nitrogen and oxygen atoms in total. The van der Waals surface area contributed by atoms with E-state index >= 15 is 0 Å². The van der Waals surface area contributed by atoms with Crippen LogP contribution in [0, 0.1) is 6.92 Å². The second-order valence-electron chi connectivity index (χ2n) is 4.43. The molecule has 0 bridgehead atoms. The first-order chi connectivity index (χ1) is 8.25. The highest BCUT2D eigenvalue weighted by Gasteiger charge is 2.07. The lowest BCUT2D eigenvalue weighted by Gasteiger charge is -2.09. The van der Waals surface area contributed by atoms with Gasteiger partial charge in [-0.05, 0) is 43.9 Å². The summed E-state index contributed by atoms with van der Waals surface area (Å²) < 4.78 is 0. The minimum atomic E-state index is 0.206. The predicted octanol–water partition coefficient (Wildman–Crippen LogP) is 4.08. The van der Waals surface area contributed by atoms with Gasteiger partial charge in [0.1, 0.15) is 0 Å². The standard InChI is InChI=1S/C15H19NS/c1-12-10-11-15(17-12)14(16)9-5-8-13-6-3-2-4-7-13/h2-4,6-7,10-11,14H,5,8-9,16H2,1H3. The zero-order valence-corrected chi connectivity index (χ0v) is 11.0. The molecule has 0 spiro atoms. The summed E-state index contributed by atoms with van der Waals surface area (Å²) in [5.41, 5.74) is 7.59. The molecule has 0 aliphatic heterocycles. The molecule has 0 fully saturated rings. The summed E-state index contributed by atoms with van der Waals surface area (Å²) in [4.78, 5) is 2.66. The largest absolute Gasteiger partial charge is 0.323 e. The Bertz CT molecular complexity index is 447. The van der Waals surface area contributed by atoms with Gasteiger partial charge in [0.25, 0.3) is 0 Å². The highest BCUT2D eigenvalue weighted by molar-refractivity contribution is 7.12. The van der Waals surface area contributed by atoms with Gasteiger partial charge in [-0.2, -0.15) is 0 Å². The summed E-state index contributed by atoms with van der Waals surface area (Å²) in [6.07, 6.45) is 3.34. The number of hydrogen-bond donors (Lipinski definition) is 1. The highest BCUT2D eigenvalue weighted by atomic mass is 32.1. The van der Waals surface area contributed by atoms with Crippen LogP contribution in [0.1, 0.15) is 34.2 Å². The van der Waals surface area contributed by atoms with E-state index in [9.17, 15) is 0 Å². The first-order valence-corrected chi connectivity index (χ1v) is 6.93. The summed E-state index contributed by atoms with van der Waals surface area (Å²) in [5.74, 6) is 0. The molecule has 2 aromatic rings.